The fraction of sp³-hybridized carbons (Fsp3) is 0.0667. The van der Waals surface area contributed by atoms with Gasteiger partial charge in [-0.15, -0.1) is 11.3 Å². The van der Waals surface area contributed by atoms with Gasteiger partial charge >= 0.3 is 0 Å². The van der Waals surface area contributed by atoms with Gasteiger partial charge < -0.3 is 0 Å². The van der Waals surface area contributed by atoms with Crippen molar-refractivity contribution in [2.45, 2.75) is 4.90 Å². The number of sulfone groups is 1. The molecule has 4 rings (SSSR count). The molecule has 26 heavy (non-hydrogen) atoms. The lowest BCUT2D eigenvalue weighted by molar-refractivity contribution is 0.102. The van der Waals surface area contributed by atoms with E-state index in [-0.39, 0.29) is 15.6 Å². The Morgan fingerprint density at radius 1 is 1.31 bits per heavy atom. The van der Waals surface area contributed by atoms with Crippen LogP contribution in [0.4, 0.5) is 5.13 Å². The van der Waals surface area contributed by atoms with Crippen LogP contribution in [0.25, 0.3) is 15.2 Å². The van der Waals surface area contributed by atoms with Crippen LogP contribution >= 0.6 is 22.7 Å². The van der Waals surface area contributed by atoms with Crippen molar-refractivity contribution in [1.82, 2.24) is 14.4 Å². The first-order valence-corrected chi connectivity index (χ1v) is 10.8. The number of hydrogen-bond acceptors (Lipinski definition) is 8. The van der Waals surface area contributed by atoms with Crippen molar-refractivity contribution in [2.75, 3.05) is 11.6 Å². The van der Waals surface area contributed by atoms with Gasteiger partial charge in [0.1, 0.15) is 5.56 Å². The van der Waals surface area contributed by atoms with Crippen LogP contribution < -0.4 is 10.9 Å². The summed E-state index contributed by atoms with van der Waals surface area (Å²) in [6.07, 6.45) is 3.91. The van der Waals surface area contributed by atoms with E-state index in [1.807, 2.05) is 0 Å². The monoisotopic (exact) mass is 406 g/mol. The highest BCUT2D eigenvalue weighted by atomic mass is 32.2. The number of amides is 1. The van der Waals surface area contributed by atoms with Crippen LogP contribution in [0, 0.1) is 0 Å². The molecule has 0 fully saturated rings. The molecule has 11 heteroatoms. The van der Waals surface area contributed by atoms with Gasteiger partial charge in [-0.25, -0.2) is 18.4 Å². The van der Waals surface area contributed by atoms with Crippen molar-refractivity contribution in [3.8, 4) is 0 Å². The van der Waals surface area contributed by atoms with E-state index in [4.69, 9.17) is 0 Å². The molecule has 0 aliphatic rings. The quantitative estimate of drug-likeness (QED) is 0.557. The van der Waals surface area contributed by atoms with Crippen molar-refractivity contribution in [3.05, 3.63) is 51.9 Å². The fourth-order valence-electron chi connectivity index (χ4n) is 2.33. The summed E-state index contributed by atoms with van der Waals surface area (Å²) in [5.74, 6) is -0.620. The molecule has 0 saturated carbocycles. The topological polar surface area (TPSA) is 110 Å². The predicted molar refractivity (Wildman–Crippen MR) is 100 cm³/mol. The first kappa shape index (κ1) is 16.8. The number of thiazole rings is 2. The zero-order valence-corrected chi connectivity index (χ0v) is 15.6. The van der Waals surface area contributed by atoms with Crippen LogP contribution in [0.1, 0.15) is 10.4 Å². The van der Waals surface area contributed by atoms with Crippen LogP contribution in [-0.4, -0.2) is 34.9 Å². The molecule has 1 aromatic carbocycles. The summed E-state index contributed by atoms with van der Waals surface area (Å²) in [7, 11) is -3.33. The molecule has 8 nitrogen and oxygen atoms in total. The van der Waals surface area contributed by atoms with E-state index in [0.717, 1.165) is 17.6 Å². The highest BCUT2D eigenvalue weighted by Crippen LogP contribution is 2.28. The Morgan fingerprint density at radius 2 is 2.12 bits per heavy atom. The Kier molecular flexibility index (Phi) is 3.86. The largest absolute Gasteiger partial charge is 0.298 e. The van der Waals surface area contributed by atoms with Crippen molar-refractivity contribution in [3.63, 3.8) is 0 Å². The molecule has 0 radical (unpaired) electrons. The standard InChI is InChI=1S/C15H10N4O4S3/c1-26(22,23)8-2-3-10-11(6-8)25-14(17-10)18-12(20)9-7-16-15-19(13(9)21)4-5-24-15/h2-7H,1H3,(H,17,18,20). The molecule has 3 heterocycles. The summed E-state index contributed by atoms with van der Waals surface area (Å²) < 4.78 is 25.2. The molecule has 1 amide bonds. The molecule has 0 unspecified atom stereocenters. The lowest BCUT2D eigenvalue weighted by atomic mass is 10.3. The van der Waals surface area contributed by atoms with Gasteiger partial charge in [-0.1, -0.05) is 11.3 Å². The Morgan fingerprint density at radius 3 is 2.88 bits per heavy atom. The Labute approximate surface area is 154 Å². The molecule has 0 atom stereocenters. The normalized spacial score (nSPS) is 11.9. The first-order valence-electron chi connectivity index (χ1n) is 7.20. The summed E-state index contributed by atoms with van der Waals surface area (Å²) in [4.78, 5) is 33.8. The third-order valence-electron chi connectivity index (χ3n) is 3.60. The van der Waals surface area contributed by atoms with Crippen LogP contribution in [0.15, 0.2) is 45.7 Å². The second kappa shape index (κ2) is 5.97. The number of benzene rings is 1. The summed E-state index contributed by atoms with van der Waals surface area (Å²) in [6.45, 7) is 0. The maximum absolute atomic E-state index is 12.4. The van der Waals surface area contributed by atoms with Gasteiger partial charge in [-0.3, -0.25) is 19.3 Å². The molecule has 3 aromatic heterocycles. The average Bonchev–Trinajstić information content (AvgIpc) is 3.19. The number of hydrogen-bond donors (Lipinski definition) is 1. The maximum atomic E-state index is 12.4. The molecule has 0 bridgehead atoms. The molecular weight excluding hydrogens is 396 g/mol. The van der Waals surface area contributed by atoms with Crippen molar-refractivity contribution >= 4 is 58.7 Å². The van der Waals surface area contributed by atoms with E-state index < -0.39 is 21.3 Å². The number of aromatic nitrogens is 3. The fourth-order valence-corrected chi connectivity index (χ4v) is 4.63. The van der Waals surface area contributed by atoms with Crippen LogP contribution in [-0.2, 0) is 9.84 Å². The minimum Gasteiger partial charge on any atom is -0.298 e. The minimum atomic E-state index is -3.33. The molecule has 0 aliphatic carbocycles. The molecule has 4 aromatic rings. The van der Waals surface area contributed by atoms with E-state index in [1.165, 1.54) is 34.1 Å². The number of nitrogens with one attached hydrogen (secondary N) is 1. The van der Waals surface area contributed by atoms with E-state index in [2.05, 4.69) is 15.3 Å². The molecular formula is C15H10N4O4S3. The van der Waals surface area contributed by atoms with Crippen LogP contribution in [0.5, 0.6) is 0 Å². The highest BCUT2D eigenvalue weighted by Gasteiger charge is 2.16. The zero-order valence-electron chi connectivity index (χ0n) is 13.2. The number of rotatable bonds is 3. The minimum absolute atomic E-state index is 0.100. The van der Waals surface area contributed by atoms with E-state index in [1.54, 1.807) is 17.6 Å². The summed E-state index contributed by atoms with van der Waals surface area (Å²) in [6, 6.07) is 4.54. The maximum Gasteiger partial charge on any atom is 0.271 e. The van der Waals surface area contributed by atoms with Crippen molar-refractivity contribution in [2.24, 2.45) is 0 Å². The smallest absolute Gasteiger partial charge is 0.271 e. The molecule has 0 spiro atoms. The van der Waals surface area contributed by atoms with Gasteiger partial charge in [0.25, 0.3) is 11.5 Å². The predicted octanol–water partition coefficient (Wildman–Crippen LogP) is 2.02. The Balaban J connectivity index is 1.68. The lowest BCUT2D eigenvalue weighted by Gasteiger charge is -2.01. The van der Waals surface area contributed by atoms with Crippen molar-refractivity contribution < 1.29 is 13.2 Å². The second-order valence-electron chi connectivity index (χ2n) is 5.41. The summed E-state index contributed by atoms with van der Waals surface area (Å²) in [5, 5.41) is 4.55. The van der Waals surface area contributed by atoms with E-state index in [0.29, 0.717) is 15.2 Å². The van der Waals surface area contributed by atoms with Crippen LogP contribution in [0.2, 0.25) is 0 Å². The van der Waals surface area contributed by atoms with Gasteiger partial charge in [-0.05, 0) is 18.2 Å². The Hall–Kier alpha value is -2.63. The van der Waals surface area contributed by atoms with Gasteiger partial charge in [0.15, 0.2) is 19.9 Å². The lowest BCUT2D eigenvalue weighted by Crippen LogP contribution is -2.25. The molecule has 132 valence electrons. The number of fused-ring (bicyclic) bond motifs is 2. The first-order chi connectivity index (χ1) is 12.3. The van der Waals surface area contributed by atoms with Gasteiger partial charge in [0, 0.05) is 24.0 Å². The van der Waals surface area contributed by atoms with Crippen LogP contribution in [0.3, 0.4) is 0 Å². The third kappa shape index (κ3) is 2.89. The molecule has 0 aliphatic heterocycles. The Bertz CT molecular complexity index is 1330. The SMILES string of the molecule is CS(=O)(=O)c1ccc2nc(NC(=O)c3cnc4sccn4c3=O)sc2c1. The molecule has 1 N–H and O–H groups in total. The zero-order chi connectivity index (χ0) is 18.5. The second-order valence-corrected chi connectivity index (χ2v) is 9.33. The van der Waals surface area contributed by atoms with Crippen molar-refractivity contribution in [1.29, 1.82) is 0 Å². The average molecular weight is 406 g/mol. The summed E-state index contributed by atoms with van der Waals surface area (Å²) in [5.41, 5.74) is -0.00737. The summed E-state index contributed by atoms with van der Waals surface area (Å²) >= 11 is 2.42. The van der Waals surface area contributed by atoms with E-state index >= 15 is 0 Å². The molecule has 0 saturated heterocycles. The number of anilines is 1. The number of carbonyl (C=O) groups is 1. The number of carbonyl (C=O) groups excluding carboxylic acids is 1. The third-order valence-corrected chi connectivity index (χ3v) is 6.41. The van der Waals surface area contributed by atoms with Gasteiger partial charge in [-0.2, -0.15) is 0 Å². The van der Waals surface area contributed by atoms with E-state index in [9.17, 15) is 18.0 Å². The highest BCUT2D eigenvalue weighted by molar-refractivity contribution is 7.90. The van der Waals surface area contributed by atoms with Gasteiger partial charge in [0.05, 0.1) is 15.1 Å². The van der Waals surface area contributed by atoms with Gasteiger partial charge in [0.2, 0.25) is 0 Å². The number of nitrogens with zero attached hydrogens (tertiary/aromatic N) is 3.